The van der Waals surface area contributed by atoms with Gasteiger partial charge in [-0.05, 0) is 6.07 Å². The highest BCUT2D eigenvalue weighted by molar-refractivity contribution is 7.18. The molecule has 0 bridgehead atoms. The third-order valence-corrected chi connectivity index (χ3v) is 3.63. The quantitative estimate of drug-likeness (QED) is 0.641. The van der Waals surface area contributed by atoms with Crippen LogP contribution in [0.25, 0.3) is 10.2 Å². The van der Waals surface area contributed by atoms with Crippen molar-refractivity contribution in [3.05, 3.63) is 22.4 Å². The zero-order valence-corrected chi connectivity index (χ0v) is 9.91. The number of nitrogens with zero attached hydrogens (tertiary/aromatic N) is 2. The highest BCUT2D eigenvalue weighted by atomic mass is 35.5. The molecule has 0 spiro atoms. The van der Waals surface area contributed by atoms with Gasteiger partial charge < -0.3 is 0 Å². The first-order valence-electron chi connectivity index (χ1n) is 4.40. The van der Waals surface area contributed by atoms with E-state index in [-0.39, 0.29) is 5.41 Å². The van der Waals surface area contributed by atoms with Crippen molar-refractivity contribution in [1.82, 2.24) is 9.97 Å². The Labute approximate surface area is 92.0 Å². The summed E-state index contributed by atoms with van der Waals surface area (Å²) < 4.78 is 1.11. The summed E-state index contributed by atoms with van der Waals surface area (Å²) in [4.78, 5) is 8.52. The number of hydrogen-bond acceptors (Lipinski definition) is 3. The van der Waals surface area contributed by atoms with E-state index < -0.39 is 0 Å². The van der Waals surface area contributed by atoms with Crippen molar-refractivity contribution in [2.75, 3.05) is 0 Å². The number of aromatic nitrogens is 2. The molecule has 2 nitrogen and oxygen atoms in total. The predicted molar refractivity (Wildman–Crippen MR) is 61.1 cm³/mol. The second-order valence-corrected chi connectivity index (χ2v) is 5.61. The average Bonchev–Trinajstić information content (AvgIpc) is 2.48. The molecule has 0 fully saturated rings. The van der Waals surface area contributed by atoms with Gasteiger partial charge in [0.1, 0.15) is 5.52 Å². The summed E-state index contributed by atoms with van der Waals surface area (Å²) in [6, 6.07) is 1.95. The molecular formula is C10H11ClN2S. The second kappa shape index (κ2) is 3.17. The Kier molecular flexibility index (Phi) is 2.24. The van der Waals surface area contributed by atoms with Gasteiger partial charge in [0.15, 0.2) is 5.15 Å². The Morgan fingerprint density at radius 1 is 1.36 bits per heavy atom. The molecular weight excluding hydrogens is 216 g/mol. The average molecular weight is 227 g/mol. The zero-order chi connectivity index (χ0) is 10.3. The molecule has 4 heteroatoms. The van der Waals surface area contributed by atoms with Crippen molar-refractivity contribution in [1.29, 1.82) is 0 Å². The van der Waals surface area contributed by atoms with Gasteiger partial charge >= 0.3 is 0 Å². The minimum atomic E-state index is 0.0764. The first kappa shape index (κ1) is 9.87. The molecule has 0 saturated heterocycles. The number of halogens is 1. The lowest BCUT2D eigenvalue weighted by Crippen LogP contribution is -2.09. The van der Waals surface area contributed by atoms with E-state index in [9.17, 15) is 0 Å². The molecule has 0 atom stereocenters. The Morgan fingerprint density at radius 3 is 2.64 bits per heavy atom. The van der Waals surface area contributed by atoms with Crippen LogP contribution in [-0.4, -0.2) is 9.97 Å². The van der Waals surface area contributed by atoms with Gasteiger partial charge in [0, 0.05) is 11.6 Å². The fourth-order valence-corrected chi connectivity index (χ4v) is 2.42. The van der Waals surface area contributed by atoms with E-state index in [1.807, 2.05) is 6.07 Å². The molecule has 0 saturated carbocycles. The van der Waals surface area contributed by atoms with Crippen molar-refractivity contribution in [2.45, 2.75) is 26.2 Å². The van der Waals surface area contributed by atoms with E-state index in [2.05, 4.69) is 30.7 Å². The summed E-state index contributed by atoms with van der Waals surface area (Å²) >= 11 is 7.64. The van der Waals surface area contributed by atoms with Crippen molar-refractivity contribution in [3.8, 4) is 0 Å². The monoisotopic (exact) mass is 226 g/mol. The van der Waals surface area contributed by atoms with Crippen LogP contribution in [0.1, 0.15) is 25.8 Å². The molecule has 14 heavy (non-hydrogen) atoms. The summed E-state index contributed by atoms with van der Waals surface area (Å²) in [5.74, 6) is 0. The first-order chi connectivity index (χ1) is 6.48. The Hall–Kier alpha value is -0.670. The van der Waals surface area contributed by atoms with E-state index in [0.29, 0.717) is 5.15 Å². The molecule has 0 radical (unpaired) electrons. The molecule has 0 aliphatic rings. The van der Waals surface area contributed by atoms with Crippen LogP contribution in [-0.2, 0) is 5.41 Å². The third kappa shape index (κ3) is 1.62. The van der Waals surface area contributed by atoms with Crippen LogP contribution in [0.2, 0.25) is 5.15 Å². The maximum Gasteiger partial charge on any atom is 0.156 e. The number of hydrogen-bond donors (Lipinski definition) is 0. The summed E-state index contributed by atoms with van der Waals surface area (Å²) in [6.45, 7) is 6.43. The Morgan fingerprint density at radius 2 is 2.07 bits per heavy atom. The van der Waals surface area contributed by atoms with Crippen LogP contribution in [0.5, 0.6) is 0 Å². The van der Waals surface area contributed by atoms with E-state index in [1.165, 1.54) is 0 Å². The van der Waals surface area contributed by atoms with E-state index in [0.717, 1.165) is 15.2 Å². The normalized spacial score (nSPS) is 12.3. The van der Waals surface area contributed by atoms with Crippen LogP contribution in [0, 0.1) is 0 Å². The van der Waals surface area contributed by atoms with Crippen molar-refractivity contribution in [2.24, 2.45) is 0 Å². The smallest absolute Gasteiger partial charge is 0.156 e. The SMILES string of the molecule is CC(C)(C)c1nc2c(Cl)nccc2s1. The fraction of sp³-hybridized carbons (Fsp3) is 0.400. The zero-order valence-electron chi connectivity index (χ0n) is 8.34. The Bertz CT molecular complexity index is 470. The van der Waals surface area contributed by atoms with Gasteiger partial charge in [0.25, 0.3) is 0 Å². The summed E-state index contributed by atoms with van der Waals surface area (Å²) in [5.41, 5.74) is 0.900. The number of pyridine rings is 1. The molecule has 0 N–H and O–H groups in total. The van der Waals surface area contributed by atoms with Crippen LogP contribution < -0.4 is 0 Å². The summed E-state index contributed by atoms with van der Waals surface area (Å²) in [7, 11) is 0. The van der Waals surface area contributed by atoms with Crippen LogP contribution in [0.3, 0.4) is 0 Å². The van der Waals surface area contributed by atoms with Gasteiger partial charge in [-0.25, -0.2) is 9.97 Å². The molecule has 0 aromatic carbocycles. The fourth-order valence-electron chi connectivity index (χ4n) is 1.15. The largest absolute Gasteiger partial charge is 0.242 e. The molecule has 0 aliphatic heterocycles. The van der Waals surface area contributed by atoms with Gasteiger partial charge in [-0.3, -0.25) is 0 Å². The van der Waals surface area contributed by atoms with E-state index in [4.69, 9.17) is 11.6 Å². The maximum atomic E-state index is 5.95. The molecule has 0 amide bonds. The standard InChI is InChI=1S/C10H11ClN2S/c1-10(2,3)9-13-7-6(14-9)4-5-12-8(7)11/h4-5H,1-3H3. The predicted octanol–water partition coefficient (Wildman–Crippen LogP) is 3.64. The van der Waals surface area contributed by atoms with Gasteiger partial charge in [0.05, 0.1) is 9.71 Å². The lowest BCUT2D eigenvalue weighted by molar-refractivity contribution is 0.587. The first-order valence-corrected chi connectivity index (χ1v) is 5.59. The topological polar surface area (TPSA) is 25.8 Å². The van der Waals surface area contributed by atoms with Crippen LogP contribution in [0.4, 0.5) is 0 Å². The highest BCUT2D eigenvalue weighted by Crippen LogP contribution is 2.32. The minimum Gasteiger partial charge on any atom is -0.242 e. The molecule has 2 aromatic heterocycles. The van der Waals surface area contributed by atoms with Gasteiger partial charge in [0.2, 0.25) is 0 Å². The second-order valence-electron chi connectivity index (χ2n) is 4.22. The minimum absolute atomic E-state index is 0.0764. The number of fused-ring (bicyclic) bond motifs is 1. The lowest BCUT2D eigenvalue weighted by Gasteiger charge is -2.13. The van der Waals surface area contributed by atoms with Crippen LogP contribution in [0.15, 0.2) is 12.3 Å². The third-order valence-electron chi connectivity index (χ3n) is 1.90. The van der Waals surface area contributed by atoms with Gasteiger partial charge in [-0.1, -0.05) is 32.4 Å². The molecule has 2 aromatic rings. The van der Waals surface area contributed by atoms with Gasteiger partial charge in [-0.15, -0.1) is 11.3 Å². The van der Waals surface area contributed by atoms with Crippen LogP contribution >= 0.6 is 22.9 Å². The van der Waals surface area contributed by atoms with Crippen molar-refractivity contribution in [3.63, 3.8) is 0 Å². The van der Waals surface area contributed by atoms with E-state index in [1.54, 1.807) is 17.5 Å². The van der Waals surface area contributed by atoms with E-state index >= 15 is 0 Å². The summed E-state index contributed by atoms with van der Waals surface area (Å²) in [6.07, 6.45) is 1.72. The number of rotatable bonds is 0. The molecule has 0 unspecified atom stereocenters. The van der Waals surface area contributed by atoms with Gasteiger partial charge in [-0.2, -0.15) is 0 Å². The molecule has 2 rings (SSSR count). The van der Waals surface area contributed by atoms with Crippen molar-refractivity contribution < 1.29 is 0 Å². The molecule has 0 aliphatic carbocycles. The maximum absolute atomic E-state index is 5.95. The molecule has 2 heterocycles. The molecule has 74 valence electrons. The summed E-state index contributed by atoms with van der Waals surface area (Å²) in [5, 5.41) is 1.59. The highest BCUT2D eigenvalue weighted by Gasteiger charge is 2.19. The van der Waals surface area contributed by atoms with Crippen molar-refractivity contribution >= 4 is 33.2 Å². The number of thiazole rings is 1. The lowest BCUT2D eigenvalue weighted by atomic mass is 9.98. The Balaban J connectivity index is 2.69.